The second-order valence-corrected chi connectivity index (χ2v) is 3.56. The summed E-state index contributed by atoms with van der Waals surface area (Å²) in [6.45, 7) is 2.46. The summed E-state index contributed by atoms with van der Waals surface area (Å²) in [6, 6.07) is 3.77. The van der Waals surface area contributed by atoms with Crippen molar-refractivity contribution in [3.8, 4) is 5.75 Å². The quantitative estimate of drug-likeness (QED) is 0.783. The van der Waals surface area contributed by atoms with E-state index in [9.17, 15) is 0 Å². The lowest BCUT2D eigenvalue weighted by atomic mass is 10.2. The normalized spacial score (nSPS) is 10.1. The fourth-order valence-electron chi connectivity index (χ4n) is 1.31. The lowest BCUT2D eigenvalue weighted by molar-refractivity contribution is 0.414. The molecule has 1 aromatic carbocycles. The van der Waals surface area contributed by atoms with Crippen molar-refractivity contribution < 1.29 is 4.74 Å². The number of methoxy groups -OCH3 is 1. The number of halogens is 1. The van der Waals surface area contributed by atoms with E-state index >= 15 is 0 Å². The molecular weight excluding hydrogens is 200 g/mol. The van der Waals surface area contributed by atoms with E-state index in [4.69, 9.17) is 22.1 Å². The highest BCUT2D eigenvalue weighted by Crippen LogP contribution is 2.31. The number of benzene rings is 1. The van der Waals surface area contributed by atoms with Crippen molar-refractivity contribution in [1.29, 1.82) is 0 Å². The third-order valence-electron chi connectivity index (χ3n) is 2.16. The van der Waals surface area contributed by atoms with E-state index in [0.29, 0.717) is 17.4 Å². The Bertz CT molecular complexity index is 328. The number of nitrogens with zero attached hydrogens (tertiary/aromatic N) is 1. The number of hydrogen-bond donors (Lipinski definition) is 1. The van der Waals surface area contributed by atoms with Crippen LogP contribution in [0.1, 0.15) is 5.56 Å². The van der Waals surface area contributed by atoms with Gasteiger partial charge in [0.1, 0.15) is 5.75 Å². The fraction of sp³-hybridized carbons (Fsp3) is 0.400. The van der Waals surface area contributed by atoms with E-state index in [0.717, 1.165) is 11.3 Å². The molecule has 1 aromatic rings. The number of hydrogen-bond acceptors (Lipinski definition) is 3. The minimum atomic E-state index is 0.462. The highest BCUT2D eigenvalue weighted by atomic mass is 35.5. The predicted molar refractivity (Wildman–Crippen MR) is 60.2 cm³/mol. The zero-order valence-corrected chi connectivity index (χ0v) is 9.43. The molecule has 0 aliphatic heterocycles. The maximum Gasteiger partial charge on any atom is 0.137 e. The third-order valence-corrected chi connectivity index (χ3v) is 2.45. The van der Waals surface area contributed by atoms with Crippen LogP contribution in [0.15, 0.2) is 12.1 Å². The Kier molecular flexibility index (Phi) is 3.61. The summed E-state index contributed by atoms with van der Waals surface area (Å²) >= 11 is 6.01. The maximum atomic E-state index is 6.01. The molecule has 0 heterocycles. The van der Waals surface area contributed by atoms with Crippen LogP contribution in [0.2, 0.25) is 5.02 Å². The lowest BCUT2D eigenvalue weighted by Gasteiger charge is -2.20. The van der Waals surface area contributed by atoms with Gasteiger partial charge >= 0.3 is 0 Å². The molecule has 0 fully saturated rings. The number of aryl methyl sites for hydroxylation is 1. The summed E-state index contributed by atoms with van der Waals surface area (Å²) in [6.07, 6.45) is 0. The molecule has 0 aliphatic carbocycles. The summed E-state index contributed by atoms with van der Waals surface area (Å²) in [5.41, 5.74) is 7.67. The van der Waals surface area contributed by atoms with Crippen LogP contribution >= 0.6 is 11.6 Å². The Labute approximate surface area is 89.4 Å². The number of anilines is 1. The second-order valence-electron chi connectivity index (χ2n) is 3.15. The largest absolute Gasteiger partial charge is 0.495 e. The summed E-state index contributed by atoms with van der Waals surface area (Å²) in [5.74, 6) is 0.693. The first kappa shape index (κ1) is 11.1. The van der Waals surface area contributed by atoms with Crippen LogP contribution in [0.3, 0.4) is 0 Å². The molecule has 0 unspecified atom stereocenters. The molecule has 0 spiro atoms. The monoisotopic (exact) mass is 214 g/mol. The van der Waals surface area contributed by atoms with Crippen LogP contribution in [-0.2, 0) is 0 Å². The van der Waals surface area contributed by atoms with Gasteiger partial charge in [-0.15, -0.1) is 0 Å². The zero-order valence-electron chi connectivity index (χ0n) is 8.67. The van der Waals surface area contributed by atoms with Crippen LogP contribution in [0, 0.1) is 6.92 Å². The summed E-state index contributed by atoms with van der Waals surface area (Å²) in [4.78, 5) is 1.93. The van der Waals surface area contributed by atoms with Crippen LogP contribution in [0.25, 0.3) is 0 Å². The molecule has 0 aliphatic rings. The molecule has 4 heteroatoms. The molecule has 3 nitrogen and oxygen atoms in total. The van der Waals surface area contributed by atoms with Gasteiger partial charge in [-0.3, -0.25) is 0 Å². The van der Waals surface area contributed by atoms with E-state index in [1.807, 2.05) is 31.0 Å². The molecule has 0 saturated heterocycles. The Balaban J connectivity index is 3.14. The van der Waals surface area contributed by atoms with Crippen molar-refractivity contribution >= 4 is 17.3 Å². The standard InChI is InChI=1S/C10H15ClN2O/c1-7-4-10(14-3)8(11)5-9(7)13(2)6-12/h4-5H,6,12H2,1-3H3. The number of ether oxygens (including phenoxy) is 1. The van der Waals surface area contributed by atoms with Crippen LogP contribution in [0.4, 0.5) is 5.69 Å². The zero-order chi connectivity index (χ0) is 10.7. The van der Waals surface area contributed by atoms with Gasteiger partial charge in [0, 0.05) is 12.7 Å². The van der Waals surface area contributed by atoms with E-state index in [-0.39, 0.29) is 0 Å². The molecule has 0 aromatic heterocycles. The summed E-state index contributed by atoms with van der Waals surface area (Å²) < 4.78 is 5.11. The van der Waals surface area contributed by atoms with Gasteiger partial charge in [-0.05, 0) is 24.6 Å². The van der Waals surface area contributed by atoms with Gasteiger partial charge in [0.2, 0.25) is 0 Å². The van der Waals surface area contributed by atoms with Crippen molar-refractivity contribution in [1.82, 2.24) is 0 Å². The van der Waals surface area contributed by atoms with E-state index in [1.165, 1.54) is 0 Å². The van der Waals surface area contributed by atoms with Gasteiger partial charge in [0.15, 0.2) is 0 Å². The topological polar surface area (TPSA) is 38.5 Å². The van der Waals surface area contributed by atoms with Crippen LogP contribution in [-0.4, -0.2) is 20.8 Å². The molecule has 0 saturated carbocycles. The van der Waals surface area contributed by atoms with Gasteiger partial charge < -0.3 is 15.4 Å². The molecule has 0 atom stereocenters. The minimum absolute atomic E-state index is 0.462. The molecule has 0 radical (unpaired) electrons. The van der Waals surface area contributed by atoms with Crippen molar-refractivity contribution in [2.75, 3.05) is 25.7 Å². The van der Waals surface area contributed by atoms with Gasteiger partial charge in [0.25, 0.3) is 0 Å². The summed E-state index contributed by atoms with van der Waals surface area (Å²) in [5, 5.41) is 0.605. The Morgan fingerprint density at radius 3 is 2.64 bits per heavy atom. The van der Waals surface area contributed by atoms with Gasteiger partial charge in [-0.25, -0.2) is 0 Å². The number of nitrogens with two attached hydrogens (primary N) is 1. The lowest BCUT2D eigenvalue weighted by Crippen LogP contribution is -2.25. The predicted octanol–water partition coefficient (Wildman–Crippen LogP) is 2.01. The first-order valence-electron chi connectivity index (χ1n) is 4.35. The average Bonchev–Trinajstić information content (AvgIpc) is 2.19. The van der Waals surface area contributed by atoms with E-state index in [2.05, 4.69) is 0 Å². The van der Waals surface area contributed by atoms with Crippen molar-refractivity contribution in [3.63, 3.8) is 0 Å². The highest BCUT2D eigenvalue weighted by Gasteiger charge is 2.08. The van der Waals surface area contributed by atoms with Crippen molar-refractivity contribution in [2.45, 2.75) is 6.92 Å². The molecule has 1 rings (SSSR count). The Morgan fingerprint density at radius 1 is 1.50 bits per heavy atom. The Morgan fingerprint density at radius 2 is 2.14 bits per heavy atom. The SMILES string of the molecule is COc1cc(C)c(N(C)CN)cc1Cl. The van der Waals surface area contributed by atoms with Crippen LogP contribution in [0.5, 0.6) is 5.75 Å². The highest BCUT2D eigenvalue weighted by molar-refractivity contribution is 6.32. The van der Waals surface area contributed by atoms with Gasteiger partial charge in [0.05, 0.1) is 18.8 Å². The second kappa shape index (κ2) is 4.53. The molecule has 14 heavy (non-hydrogen) atoms. The smallest absolute Gasteiger partial charge is 0.137 e. The van der Waals surface area contributed by atoms with Crippen LogP contribution < -0.4 is 15.4 Å². The molecule has 2 N–H and O–H groups in total. The van der Waals surface area contributed by atoms with Gasteiger partial charge in [-0.1, -0.05) is 11.6 Å². The fourth-order valence-corrected chi connectivity index (χ4v) is 1.55. The van der Waals surface area contributed by atoms with Crippen molar-refractivity contribution in [2.24, 2.45) is 5.73 Å². The first-order chi connectivity index (χ1) is 6.60. The van der Waals surface area contributed by atoms with Crippen molar-refractivity contribution in [3.05, 3.63) is 22.7 Å². The van der Waals surface area contributed by atoms with E-state index in [1.54, 1.807) is 7.11 Å². The van der Waals surface area contributed by atoms with E-state index < -0.39 is 0 Å². The molecule has 0 amide bonds. The summed E-state index contributed by atoms with van der Waals surface area (Å²) in [7, 11) is 3.53. The molecular formula is C10H15ClN2O. The molecule has 0 bridgehead atoms. The maximum absolute atomic E-state index is 6.01. The average molecular weight is 215 g/mol. The molecule has 78 valence electrons. The first-order valence-corrected chi connectivity index (χ1v) is 4.73. The van der Waals surface area contributed by atoms with Gasteiger partial charge in [-0.2, -0.15) is 0 Å². The minimum Gasteiger partial charge on any atom is -0.495 e. The number of rotatable bonds is 3. The third kappa shape index (κ3) is 2.11. The Hall–Kier alpha value is -0.930.